The quantitative estimate of drug-likeness (QED) is 0.367. The monoisotopic (exact) mass is 530 g/mol. The van der Waals surface area contributed by atoms with Gasteiger partial charge in [0.2, 0.25) is 5.91 Å². The molecule has 0 spiro atoms. The van der Waals surface area contributed by atoms with E-state index < -0.39 is 28.6 Å². The highest BCUT2D eigenvalue weighted by Gasteiger charge is 2.37. The van der Waals surface area contributed by atoms with Crippen LogP contribution in [0.25, 0.3) is 0 Å². The molecule has 1 atom stereocenters. The maximum absolute atomic E-state index is 13.9. The van der Waals surface area contributed by atoms with Gasteiger partial charge in [0.15, 0.2) is 5.96 Å². The van der Waals surface area contributed by atoms with E-state index in [0.717, 1.165) is 28.4 Å². The van der Waals surface area contributed by atoms with Crippen LogP contribution in [0.2, 0.25) is 0 Å². The Kier molecular flexibility index (Phi) is 9.28. The van der Waals surface area contributed by atoms with Crippen molar-refractivity contribution in [2.24, 2.45) is 4.99 Å². The lowest BCUT2D eigenvalue weighted by molar-refractivity contribution is -0.138. The van der Waals surface area contributed by atoms with Crippen molar-refractivity contribution in [2.45, 2.75) is 57.4 Å². The normalized spacial score (nSPS) is 14.3. The van der Waals surface area contributed by atoms with Crippen LogP contribution in [0.15, 0.2) is 46.3 Å². The van der Waals surface area contributed by atoms with Gasteiger partial charge in [-0.3, -0.25) is 19.4 Å². The summed E-state index contributed by atoms with van der Waals surface area (Å²) in [6.07, 6.45) is 1.24. The van der Waals surface area contributed by atoms with Crippen molar-refractivity contribution < 1.29 is 28.2 Å². The lowest BCUT2D eigenvalue weighted by Crippen LogP contribution is -2.46. The van der Waals surface area contributed by atoms with Crippen LogP contribution >= 0.6 is 0 Å². The molecule has 0 bridgehead atoms. The van der Waals surface area contributed by atoms with Gasteiger partial charge < -0.3 is 15.5 Å². The summed E-state index contributed by atoms with van der Waals surface area (Å²) in [5.41, 5.74) is 2.86. The van der Waals surface area contributed by atoms with E-state index >= 15 is 0 Å². The molecule has 1 aliphatic heterocycles. The van der Waals surface area contributed by atoms with Crippen molar-refractivity contribution >= 4 is 33.5 Å². The van der Waals surface area contributed by atoms with E-state index in [0.29, 0.717) is 30.1 Å². The molecule has 11 heteroatoms. The number of aliphatic hydroxyl groups excluding tert-OH is 1. The highest BCUT2D eigenvalue weighted by molar-refractivity contribution is 7.93. The fourth-order valence-corrected chi connectivity index (χ4v) is 6.56. The second kappa shape index (κ2) is 12.2. The van der Waals surface area contributed by atoms with Gasteiger partial charge in [0.05, 0.1) is 10.6 Å². The number of nitrogens with zero attached hydrogens (tertiary/aromatic N) is 2. The van der Waals surface area contributed by atoms with Crippen molar-refractivity contribution in [1.29, 1.82) is 0 Å². The van der Waals surface area contributed by atoms with Gasteiger partial charge in [0.1, 0.15) is 6.04 Å². The SMILES string of the molecule is Cc1cc(C)c(S(=O)(=O)N(c2ccc(CCC(=O)NC3=NCCCN3)cc2)[C@@H](CCO)C(=O)O)c(C)c1. The first kappa shape index (κ1) is 28.1. The molecule has 37 heavy (non-hydrogen) atoms. The second-order valence-corrected chi connectivity index (χ2v) is 10.9. The summed E-state index contributed by atoms with van der Waals surface area (Å²) in [7, 11) is -4.30. The van der Waals surface area contributed by atoms with E-state index in [9.17, 15) is 28.2 Å². The standard InChI is InChI=1S/C26H34N4O6S/c1-17-15-18(2)24(19(3)16-17)37(35,36)30(22(11-14-31)25(33)34)21-8-5-20(6-9-21)7-10-23(32)29-26-27-12-4-13-28-26/h5-6,8-9,15-16,22,31H,4,7,10-14H2,1-3H3,(H,33,34)(H2,27,28,29,32)/t22-/m0/s1. The average Bonchev–Trinajstić information content (AvgIpc) is 2.82. The second-order valence-electron chi connectivity index (χ2n) is 9.12. The van der Waals surface area contributed by atoms with Gasteiger partial charge >= 0.3 is 5.97 Å². The molecular weight excluding hydrogens is 496 g/mol. The number of aliphatic hydroxyl groups is 1. The van der Waals surface area contributed by atoms with E-state index in [-0.39, 0.29) is 29.3 Å². The molecular formula is C26H34N4O6S. The Balaban J connectivity index is 1.89. The van der Waals surface area contributed by atoms with Crippen LogP contribution in [0, 0.1) is 20.8 Å². The van der Waals surface area contributed by atoms with E-state index in [1.54, 1.807) is 38.1 Å². The number of sulfonamides is 1. The number of aliphatic imine (C=N–C) groups is 1. The first-order chi connectivity index (χ1) is 17.5. The van der Waals surface area contributed by atoms with Gasteiger partial charge in [0, 0.05) is 32.5 Å². The lowest BCUT2D eigenvalue weighted by Gasteiger charge is -2.31. The molecule has 10 nitrogen and oxygen atoms in total. The predicted molar refractivity (Wildman–Crippen MR) is 141 cm³/mol. The summed E-state index contributed by atoms with van der Waals surface area (Å²) in [4.78, 5) is 28.7. The van der Waals surface area contributed by atoms with Crippen molar-refractivity contribution in [3.8, 4) is 0 Å². The summed E-state index contributed by atoms with van der Waals surface area (Å²) in [6, 6.07) is 8.39. The molecule has 200 valence electrons. The van der Waals surface area contributed by atoms with Gasteiger partial charge in [-0.05, 0) is 62.4 Å². The van der Waals surface area contributed by atoms with Crippen LogP contribution in [0.3, 0.4) is 0 Å². The third-order valence-electron chi connectivity index (χ3n) is 6.08. The molecule has 4 N–H and O–H groups in total. The van der Waals surface area contributed by atoms with Crippen LogP contribution in [0.4, 0.5) is 5.69 Å². The van der Waals surface area contributed by atoms with Crippen LogP contribution in [-0.2, 0) is 26.0 Å². The average molecular weight is 531 g/mol. The van der Waals surface area contributed by atoms with Crippen LogP contribution in [0.5, 0.6) is 0 Å². The molecule has 0 fully saturated rings. The molecule has 0 saturated heterocycles. The molecule has 0 aliphatic carbocycles. The number of carboxylic acid groups (broad SMARTS) is 1. The maximum Gasteiger partial charge on any atom is 0.327 e. The molecule has 0 unspecified atom stereocenters. The van der Waals surface area contributed by atoms with Gasteiger partial charge in [0.25, 0.3) is 10.0 Å². The highest BCUT2D eigenvalue weighted by Crippen LogP contribution is 2.32. The molecule has 0 saturated carbocycles. The maximum atomic E-state index is 13.9. The number of aliphatic carboxylic acids is 1. The lowest BCUT2D eigenvalue weighted by atomic mass is 10.1. The number of aryl methyl sites for hydroxylation is 4. The molecule has 1 amide bonds. The van der Waals surface area contributed by atoms with Gasteiger partial charge in [-0.2, -0.15) is 0 Å². The van der Waals surface area contributed by atoms with Gasteiger partial charge in [-0.1, -0.05) is 29.8 Å². The van der Waals surface area contributed by atoms with Crippen molar-refractivity contribution in [3.05, 3.63) is 58.7 Å². The van der Waals surface area contributed by atoms with Crippen molar-refractivity contribution in [2.75, 3.05) is 24.0 Å². The van der Waals surface area contributed by atoms with E-state index in [1.807, 2.05) is 6.92 Å². The number of carboxylic acids is 1. The summed E-state index contributed by atoms with van der Waals surface area (Å²) < 4.78 is 28.7. The molecule has 0 radical (unpaired) electrons. The number of rotatable bonds is 10. The number of hydrogen-bond acceptors (Lipinski definition) is 7. The third-order valence-corrected chi connectivity index (χ3v) is 8.22. The Morgan fingerprint density at radius 2 is 1.78 bits per heavy atom. The van der Waals surface area contributed by atoms with Crippen molar-refractivity contribution in [1.82, 2.24) is 10.6 Å². The fraction of sp³-hybridized carbons (Fsp3) is 0.423. The first-order valence-corrected chi connectivity index (χ1v) is 13.6. The zero-order chi connectivity index (χ0) is 27.2. The van der Waals surface area contributed by atoms with Crippen LogP contribution < -0.4 is 14.9 Å². The zero-order valence-corrected chi connectivity index (χ0v) is 22.1. The van der Waals surface area contributed by atoms with Gasteiger partial charge in [-0.15, -0.1) is 0 Å². The Bertz CT molecular complexity index is 1250. The molecule has 2 aromatic rings. The Morgan fingerprint density at radius 3 is 2.32 bits per heavy atom. The number of guanidine groups is 1. The smallest absolute Gasteiger partial charge is 0.327 e. The summed E-state index contributed by atoms with van der Waals surface area (Å²) in [5.74, 6) is -1.08. The number of carbonyl (C=O) groups is 2. The number of anilines is 1. The molecule has 3 rings (SSSR count). The number of nitrogens with one attached hydrogen (secondary N) is 2. The highest BCUT2D eigenvalue weighted by atomic mass is 32.2. The largest absolute Gasteiger partial charge is 0.480 e. The first-order valence-electron chi connectivity index (χ1n) is 12.2. The third kappa shape index (κ3) is 6.86. The number of benzene rings is 2. The van der Waals surface area contributed by atoms with Gasteiger partial charge in [-0.25, -0.2) is 13.2 Å². The fourth-order valence-electron chi connectivity index (χ4n) is 4.50. The molecule has 2 aromatic carbocycles. The molecule has 0 aromatic heterocycles. The summed E-state index contributed by atoms with van der Waals surface area (Å²) >= 11 is 0. The van der Waals surface area contributed by atoms with E-state index in [2.05, 4.69) is 15.6 Å². The Labute approximate surface area is 217 Å². The molecule has 1 aliphatic rings. The summed E-state index contributed by atoms with van der Waals surface area (Å²) in [6.45, 7) is 6.14. The Morgan fingerprint density at radius 1 is 1.14 bits per heavy atom. The van der Waals surface area contributed by atoms with E-state index in [4.69, 9.17) is 0 Å². The predicted octanol–water partition coefficient (Wildman–Crippen LogP) is 2.04. The van der Waals surface area contributed by atoms with Crippen molar-refractivity contribution in [3.63, 3.8) is 0 Å². The topological polar surface area (TPSA) is 148 Å². The Hall–Kier alpha value is -3.44. The van der Waals surface area contributed by atoms with Crippen LogP contribution in [0.1, 0.15) is 41.5 Å². The minimum Gasteiger partial charge on any atom is -0.480 e. The summed E-state index contributed by atoms with van der Waals surface area (Å²) in [5, 5.41) is 25.2. The zero-order valence-electron chi connectivity index (χ0n) is 21.3. The minimum absolute atomic E-state index is 0.0438. The number of amides is 1. The van der Waals surface area contributed by atoms with E-state index in [1.165, 1.54) is 12.1 Å². The van der Waals surface area contributed by atoms with Crippen LogP contribution in [-0.4, -0.2) is 62.2 Å². The number of hydrogen-bond donors (Lipinski definition) is 4. The number of carbonyl (C=O) groups excluding carboxylic acids is 1. The molecule has 1 heterocycles. The minimum atomic E-state index is -4.30.